The van der Waals surface area contributed by atoms with Crippen molar-refractivity contribution in [2.24, 2.45) is 0 Å². The second-order valence-electron chi connectivity index (χ2n) is 5.56. The van der Waals surface area contributed by atoms with E-state index in [4.69, 9.17) is 5.73 Å². The van der Waals surface area contributed by atoms with Gasteiger partial charge in [0, 0.05) is 0 Å². The molecule has 1 aromatic heterocycles. The molecular weight excluding hydrogens is 238 g/mol. The van der Waals surface area contributed by atoms with Gasteiger partial charge in [0.05, 0.1) is 23.2 Å². The third-order valence-corrected chi connectivity index (χ3v) is 4.22. The molecule has 1 fully saturated rings. The Labute approximate surface area is 113 Å². The molecule has 1 aliphatic rings. The molecule has 1 aromatic carbocycles. The number of hydrogen-bond donors (Lipinski definition) is 2. The molecule has 2 unspecified atom stereocenters. The Morgan fingerprint density at radius 2 is 2.05 bits per heavy atom. The highest BCUT2D eigenvalue weighted by atomic mass is 16.3. The van der Waals surface area contributed by atoms with Crippen LogP contribution in [-0.4, -0.2) is 20.8 Å². The fourth-order valence-corrected chi connectivity index (χ4v) is 3.19. The molecule has 4 heteroatoms. The van der Waals surface area contributed by atoms with Gasteiger partial charge >= 0.3 is 0 Å². The van der Waals surface area contributed by atoms with Crippen LogP contribution in [0.4, 0.5) is 5.95 Å². The van der Waals surface area contributed by atoms with Crippen LogP contribution in [0.25, 0.3) is 11.0 Å². The SMILES string of the molecule is Cc1cccc2c1nc(N)n2C1CCCCCC1O. The molecule has 0 saturated heterocycles. The van der Waals surface area contributed by atoms with Gasteiger partial charge in [-0.3, -0.25) is 0 Å². The van der Waals surface area contributed by atoms with E-state index in [1.54, 1.807) is 0 Å². The maximum atomic E-state index is 10.4. The van der Waals surface area contributed by atoms with Crippen molar-refractivity contribution in [2.75, 3.05) is 5.73 Å². The van der Waals surface area contributed by atoms with E-state index in [0.717, 1.165) is 42.3 Å². The number of para-hydroxylation sites is 1. The molecule has 0 spiro atoms. The summed E-state index contributed by atoms with van der Waals surface area (Å²) in [5, 5.41) is 10.4. The number of fused-ring (bicyclic) bond motifs is 1. The third-order valence-electron chi connectivity index (χ3n) is 4.22. The molecule has 102 valence electrons. The normalized spacial score (nSPS) is 24.5. The van der Waals surface area contributed by atoms with Gasteiger partial charge in [-0.1, -0.05) is 31.4 Å². The van der Waals surface area contributed by atoms with E-state index in [1.807, 2.05) is 29.7 Å². The minimum absolute atomic E-state index is 0.0642. The Balaban J connectivity index is 2.13. The molecule has 1 aliphatic carbocycles. The highest BCUT2D eigenvalue weighted by Gasteiger charge is 2.26. The largest absolute Gasteiger partial charge is 0.391 e. The molecule has 3 N–H and O–H groups in total. The number of nitrogens with two attached hydrogens (primary N) is 1. The van der Waals surface area contributed by atoms with Gasteiger partial charge in [0.1, 0.15) is 0 Å². The van der Waals surface area contributed by atoms with Crippen molar-refractivity contribution in [1.29, 1.82) is 0 Å². The van der Waals surface area contributed by atoms with Gasteiger partial charge in [-0.15, -0.1) is 0 Å². The van der Waals surface area contributed by atoms with Crippen molar-refractivity contribution < 1.29 is 5.11 Å². The second kappa shape index (κ2) is 4.85. The zero-order valence-corrected chi connectivity index (χ0v) is 11.3. The van der Waals surface area contributed by atoms with Gasteiger partial charge in [-0.05, 0) is 31.4 Å². The minimum atomic E-state index is -0.317. The van der Waals surface area contributed by atoms with Crippen LogP contribution in [-0.2, 0) is 0 Å². The number of nitrogens with zero attached hydrogens (tertiary/aromatic N) is 2. The van der Waals surface area contributed by atoms with E-state index in [-0.39, 0.29) is 12.1 Å². The predicted molar refractivity (Wildman–Crippen MR) is 77.0 cm³/mol. The summed E-state index contributed by atoms with van der Waals surface area (Å²) in [6.45, 7) is 2.04. The molecule has 0 radical (unpaired) electrons. The fraction of sp³-hybridized carbons (Fsp3) is 0.533. The summed E-state index contributed by atoms with van der Waals surface area (Å²) >= 11 is 0. The number of aliphatic hydroxyl groups excluding tert-OH is 1. The first kappa shape index (κ1) is 12.5. The number of anilines is 1. The van der Waals surface area contributed by atoms with Gasteiger partial charge in [0.25, 0.3) is 0 Å². The lowest BCUT2D eigenvalue weighted by molar-refractivity contribution is 0.108. The Hall–Kier alpha value is -1.55. The van der Waals surface area contributed by atoms with Crippen molar-refractivity contribution in [1.82, 2.24) is 9.55 Å². The van der Waals surface area contributed by atoms with Gasteiger partial charge in [-0.2, -0.15) is 0 Å². The first-order valence-electron chi connectivity index (χ1n) is 7.09. The average molecular weight is 259 g/mol. The van der Waals surface area contributed by atoms with Crippen LogP contribution in [0.1, 0.15) is 43.7 Å². The zero-order chi connectivity index (χ0) is 13.4. The van der Waals surface area contributed by atoms with Crippen molar-refractivity contribution in [2.45, 2.75) is 51.2 Å². The molecule has 1 saturated carbocycles. The molecule has 0 amide bonds. The molecule has 0 bridgehead atoms. The number of aliphatic hydroxyl groups is 1. The van der Waals surface area contributed by atoms with Gasteiger partial charge in [0.15, 0.2) is 0 Å². The summed E-state index contributed by atoms with van der Waals surface area (Å²) < 4.78 is 2.04. The Bertz CT molecular complexity index is 590. The topological polar surface area (TPSA) is 64.1 Å². The number of nitrogen functional groups attached to an aromatic ring is 1. The van der Waals surface area contributed by atoms with E-state index < -0.39 is 0 Å². The summed E-state index contributed by atoms with van der Waals surface area (Å²) in [7, 11) is 0. The van der Waals surface area contributed by atoms with Crippen LogP contribution < -0.4 is 5.73 Å². The number of rotatable bonds is 1. The summed E-state index contributed by atoms with van der Waals surface area (Å²) in [5.74, 6) is 0.523. The second-order valence-corrected chi connectivity index (χ2v) is 5.56. The Morgan fingerprint density at radius 3 is 2.89 bits per heavy atom. The lowest BCUT2D eigenvalue weighted by Crippen LogP contribution is -2.24. The minimum Gasteiger partial charge on any atom is -0.391 e. The summed E-state index contributed by atoms with van der Waals surface area (Å²) in [4.78, 5) is 4.48. The maximum Gasteiger partial charge on any atom is 0.201 e. The molecule has 19 heavy (non-hydrogen) atoms. The standard InChI is InChI=1S/C15H21N3O/c1-10-6-5-8-12-14(10)17-15(16)18(12)11-7-3-2-4-9-13(11)19/h5-6,8,11,13,19H,2-4,7,9H2,1H3,(H2,16,17). The van der Waals surface area contributed by atoms with E-state index in [9.17, 15) is 5.11 Å². The maximum absolute atomic E-state index is 10.4. The lowest BCUT2D eigenvalue weighted by Gasteiger charge is -2.23. The van der Waals surface area contributed by atoms with E-state index >= 15 is 0 Å². The molecular formula is C15H21N3O. The number of imidazole rings is 1. The van der Waals surface area contributed by atoms with Gasteiger partial charge in [-0.25, -0.2) is 4.98 Å². The van der Waals surface area contributed by atoms with Crippen LogP contribution >= 0.6 is 0 Å². The number of aryl methyl sites for hydroxylation is 1. The molecule has 2 atom stereocenters. The predicted octanol–water partition coefficient (Wildman–Crippen LogP) is 2.79. The fourth-order valence-electron chi connectivity index (χ4n) is 3.19. The first-order valence-corrected chi connectivity index (χ1v) is 7.09. The highest BCUT2D eigenvalue weighted by Crippen LogP contribution is 2.33. The van der Waals surface area contributed by atoms with Gasteiger partial charge < -0.3 is 15.4 Å². The molecule has 0 aliphatic heterocycles. The number of hydrogen-bond acceptors (Lipinski definition) is 3. The summed E-state index contributed by atoms with van der Waals surface area (Å²) in [6, 6.07) is 6.18. The van der Waals surface area contributed by atoms with Crippen LogP contribution in [0.15, 0.2) is 18.2 Å². The van der Waals surface area contributed by atoms with Crippen molar-refractivity contribution >= 4 is 17.0 Å². The van der Waals surface area contributed by atoms with Crippen molar-refractivity contribution in [3.05, 3.63) is 23.8 Å². The molecule has 2 aromatic rings. The number of aromatic nitrogens is 2. The third kappa shape index (κ3) is 2.10. The van der Waals surface area contributed by atoms with Gasteiger partial charge in [0.2, 0.25) is 5.95 Å². The van der Waals surface area contributed by atoms with Crippen LogP contribution in [0.3, 0.4) is 0 Å². The summed E-state index contributed by atoms with van der Waals surface area (Å²) in [6.07, 6.45) is 4.96. The molecule has 3 rings (SSSR count). The molecule has 1 heterocycles. The summed E-state index contributed by atoms with van der Waals surface area (Å²) in [5.41, 5.74) is 9.24. The number of benzene rings is 1. The smallest absolute Gasteiger partial charge is 0.201 e. The zero-order valence-electron chi connectivity index (χ0n) is 11.3. The van der Waals surface area contributed by atoms with E-state index in [2.05, 4.69) is 4.98 Å². The Morgan fingerprint density at radius 1 is 1.26 bits per heavy atom. The van der Waals surface area contributed by atoms with E-state index in [1.165, 1.54) is 6.42 Å². The first-order chi connectivity index (χ1) is 9.18. The van der Waals surface area contributed by atoms with Crippen LogP contribution in [0, 0.1) is 6.92 Å². The average Bonchev–Trinajstić information content (AvgIpc) is 2.57. The highest BCUT2D eigenvalue weighted by molar-refractivity contribution is 5.81. The Kier molecular flexibility index (Phi) is 3.19. The quantitative estimate of drug-likeness (QED) is 0.774. The van der Waals surface area contributed by atoms with Crippen LogP contribution in [0.2, 0.25) is 0 Å². The monoisotopic (exact) mass is 259 g/mol. The van der Waals surface area contributed by atoms with Crippen molar-refractivity contribution in [3.63, 3.8) is 0 Å². The van der Waals surface area contributed by atoms with Crippen LogP contribution in [0.5, 0.6) is 0 Å². The molecule has 4 nitrogen and oxygen atoms in total. The van der Waals surface area contributed by atoms with Crippen molar-refractivity contribution in [3.8, 4) is 0 Å². The van der Waals surface area contributed by atoms with E-state index in [0.29, 0.717) is 5.95 Å². The lowest BCUT2D eigenvalue weighted by atomic mass is 10.1.